The third kappa shape index (κ3) is 3.28. The lowest BCUT2D eigenvalue weighted by molar-refractivity contribution is 0.0999. The molecule has 2 aromatic carbocycles. The van der Waals surface area contributed by atoms with Crippen molar-refractivity contribution < 1.29 is 13.2 Å². The molecule has 0 aliphatic carbocycles. The highest BCUT2D eigenvalue weighted by atomic mass is 32.2. The third-order valence-corrected chi connectivity index (χ3v) is 4.92. The largest absolute Gasteiger partial charge is 0.366 e. The lowest BCUT2D eigenvalue weighted by Crippen LogP contribution is -2.17. The van der Waals surface area contributed by atoms with E-state index in [0.717, 1.165) is 11.1 Å². The van der Waals surface area contributed by atoms with Crippen LogP contribution in [0.3, 0.4) is 0 Å². The monoisotopic (exact) mass is 318 g/mol. The van der Waals surface area contributed by atoms with Gasteiger partial charge in [0.1, 0.15) is 0 Å². The molecule has 0 aliphatic heterocycles. The molecular formula is C16H18N2O3S. The first-order valence-corrected chi connectivity index (χ1v) is 8.19. The fraction of sp³-hybridized carbons (Fsp3) is 0.188. The highest BCUT2D eigenvalue weighted by molar-refractivity contribution is 7.92. The quantitative estimate of drug-likeness (QED) is 0.907. The van der Waals surface area contributed by atoms with E-state index in [-0.39, 0.29) is 10.5 Å². The van der Waals surface area contributed by atoms with E-state index >= 15 is 0 Å². The van der Waals surface area contributed by atoms with Crippen LogP contribution in [0, 0.1) is 20.8 Å². The Kier molecular flexibility index (Phi) is 4.23. The summed E-state index contributed by atoms with van der Waals surface area (Å²) in [7, 11) is -3.77. The first kappa shape index (κ1) is 16.0. The molecule has 1 amide bonds. The van der Waals surface area contributed by atoms with Gasteiger partial charge in [0, 0.05) is 11.3 Å². The second-order valence-corrected chi connectivity index (χ2v) is 6.93. The van der Waals surface area contributed by atoms with Gasteiger partial charge in [-0.15, -0.1) is 0 Å². The maximum Gasteiger partial charge on any atom is 0.261 e. The van der Waals surface area contributed by atoms with Gasteiger partial charge in [-0.2, -0.15) is 0 Å². The Morgan fingerprint density at radius 1 is 0.955 bits per heavy atom. The molecule has 0 radical (unpaired) electrons. The number of sulfonamides is 1. The SMILES string of the molecule is Cc1ccc(NS(=O)(=O)c2ccc(C)c(C(N)=O)c2)cc1C. The molecule has 0 aromatic heterocycles. The molecule has 0 heterocycles. The number of nitrogens with two attached hydrogens (primary N) is 1. The number of primary amides is 1. The summed E-state index contributed by atoms with van der Waals surface area (Å²) in [4.78, 5) is 11.4. The van der Waals surface area contributed by atoms with Crippen molar-refractivity contribution in [2.45, 2.75) is 25.7 Å². The molecule has 2 rings (SSSR count). The van der Waals surface area contributed by atoms with E-state index in [0.29, 0.717) is 11.3 Å². The van der Waals surface area contributed by atoms with Gasteiger partial charge in [-0.1, -0.05) is 12.1 Å². The molecule has 0 fully saturated rings. The van der Waals surface area contributed by atoms with Crippen molar-refractivity contribution in [3.63, 3.8) is 0 Å². The van der Waals surface area contributed by atoms with E-state index in [4.69, 9.17) is 5.73 Å². The molecule has 2 aromatic rings. The van der Waals surface area contributed by atoms with Crippen molar-refractivity contribution in [3.05, 3.63) is 58.7 Å². The second-order valence-electron chi connectivity index (χ2n) is 5.25. The van der Waals surface area contributed by atoms with Crippen molar-refractivity contribution in [1.29, 1.82) is 0 Å². The lowest BCUT2D eigenvalue weighted by atomic mass is 10.1. The zero-order valence-corrected chi connectivity index (χ0v) is 13.5. The fourth-order valence-electron chi connectivity index (χ4n) is 2.05. The minimum absolute atomic E-state index is 0.00475. The van der Waals surface area contributed by atoms with Crippen LogP contribution >= 0.6 is 0 Å². The van der Waals surface area contributed by atoms with Crippen LogP contribution < -0.4 is 10.5 Å². The Hall–Kier alpha value is -2.34. The summed E-state index contributed by atoms with van der Waals surface area (Å²) in [5, 5.41) is 0. The maximum absolute atomic E-state index is 12.4. The smallest absolute Gasteiger partial charge is 0.261 e. The van der Waals surface area contributed by atoms with Crippen LogP contribution in [-0.4, -0.2) is 14.3 Å². The Balaban J connectivity index is 2.40. The minimum atomic E-state index is -3.77. The van der Waals surface area contributed by atoms with Crippen molar-refractivity contribution in [2.24, 2.45) is 5.73 Å². The predicted molar refractivity (Wildman–Crippen MR) is 86.4 cm³/mol. The molecule has 116 valence electrons. The van der Waals surface area contributed by atoms with Gasteiger partial charge in [-0.05, 0) is 61.7 Å². The van der Waals surface area contributed by atoms with Gasteiger partial charge in [0.25, 0.3) is 10.0 Å². The average Bonchev–Trinajstić information content (AvgIpc) is 2.42. The van der Waals surface area contributed by atoms with Gasteiger partial charge in [0.05, 0.1) is 4.90 Å². The molecule has 0 unspecified atom stereocenters. The van der Waals surface area contributed by atoms with E-state index in [2.05, 4.69) is 4.72 Å². The van der Waals surface area contributed by atoms with Crippen molar-refractivity contribution in [1.82, 2.24) is 0 Å². The van der Waals surface area contributed by atoms with E-state index in [1.807, 2.05) is 19.9 Å². The van der Waals surface area contributed by atoms with Crippen LogP contribution in [-0.2, 0) is 10.0 Å². The zero-order chi connectivity index (χ0) is 16.5. The Morgan fingerprint density at radius 3 is 2.18 bits per heavy atom. The van der Waals surface area contributed by atoms with Crippen LogP contribution in [0.2, 0.25) is 0 Å². The van der Waals surface area contributed by atoms with E-state index in [9.17, 15) is 13.2 Å². The summed E-state index contributed by atoms with van der Waals surface area (Å²) in [5.74, 6) is -0.652. The van der Waals surface area contributed by atoms with Crippen LogP contribution in [0.4, 0.5) is 5.69 Å². The second kappa shape index (κ2) is 5.81. The Labute approximate surface area is 130 Å². The standard InChI is InChI=1S/C16H18N2O3S/c1-10-4-6-13(8-12(10)3)18-22(20,21)14-7-5-11(2)15(9-14)16(17)19/h4-9,18H,1-3H3,(H2,17,19). The van der Waals surface area contributed by atoms with Crippen LogP contribution in [0.15, 0.2) is 41.3 Å². The molecule has 0 bridgehead atoms. The number of aryl methyl sites for hydroxylation is 3. The van der Waals surface area contributed by atoms with Crippen molar-refractivity contribution >= 4 is 21.6 Å². The number of rotatable bonds is 4. The summed E-state index contributed by atoms with van der Waals surface area (Å²) in [6.07, 6.45) is 0. The number of carbonyl (C=O) groups is 1. The summed E-state index contributed by atoms with van der Waals surface area (Å²) in [5.41, 5.74) is 8.64. The Morgan fingerprint density at radius 2 is 1.59 bits per heavy atom. The van der Waals surface area contributed by atoms with Gasteiger partial charge in [-0.3, -0.25) is 9.52 Å². The lowest BCUT2D eigenvalue weighted by Gasteiger charge is -2.11. The van der Waals surface area contributed by atoms with Gasteiger partial charge >= 0.3 is 0 Å². The fourth-order valence-corrected chi connectivity index (χ4v) is 3.13. The van der Waals surface area contributed by atoms with Crippen molar-refractivity contribution in [3.8, 4) is 0 Å². The van der Waals surface area contributed by atoms with Gasteiger partial charge in [-0.25, -0.2) is 8.42 Å². The molecule has 6 heteroatoms. The third-order valence-electron chi connectivity index (χ3n) is 3.54. The number of hydrogen-bond acceptors (Lipinski definition) is 3. The van der Waals surface area contributed by atoms with Gasteiger partial charge in [0.15, 0.2) is 0 Å². The number of benzene rings is 2. The maximum atomic E-state index is 12.4. The molecule has 0 atom stereocenters. The number of nitrogens with one attached hydrogen (secondary N) is 1. The first-order chi connectivity index (χ1) is 10.2. The molecule has 0 aliphatic rings. The molecule has 0 saturated heterocycles. The van der Waals surface area contributed by atoms with E-state index < -0.39 is 15.9 Å². The number of hydrogen-bond donors (Lipinski definition) is 2. The molecule has 0 saturated carbocycles. The zero-order valence-electron chi connectivity index (χ0n) is 12.7. The highest BCUT2D eigenvalue weighted by Crippen LogP contribution is 2.21. The molecular weight excluding hydrogens is 300 g/mol. The normalized spacial score (nSPS) is 11.2. The summed E-state index contributed by atoms with van der Waals surface area (Å²) < 4.78 is 27.3. The first-order valence-electron chi connectivity index (χ1n) is 6.71. The van der Waals surface area contributed by atoms with Crippen LogP contribution in [0.25, 0.3) is 0 Å². The predicted octanol–water partition coefficient (Wildman–Crippen LogP) is 2.51. The summed E-state index contributed by atoms with van der Waals surface area (Å²) in [6.45, 7) is 5.56. The molecule has 0 spiro atoms. The van der Waals surface area contributed by atoms with Crippen LogP contribution in [0.1, 0.15) is 27.0 Å². The molecule has 5 nitrogen and oxygen atoms in total. The molecule has 22 heavy (non-hydrogen) atoms. The van der Waals surface area contributed by atoms with E-state index in [1.54, 1.807) is 25.1 Å². The number of amides is 1. The summed E-state index contributed by atoms with van der Waals surface area (Å²) >= 11 is 0. The minimum Gasteiger partial charge on any atom is -0.366 e. The highest BCUT2D eigenvalue weighted by Gasteiger charge is 2.17. The van der Waals surface area contributed by atoms with Gasteiger partial charge in [0.2, 0.25) is 5.91 Å². The Bertz CT molecular complexity index is 842. The van der Waals surface area contributed by atoms with E-state index in [1.165, 1.54) is 12.1 Å². The topological polar surface area (TPSA) is 89.3 Å². The number of anilines is 1. The van der Waals surface area contributed by atoms with Crippen LogP contribution in [0.5, 0.6) is 0 Å². The summed E-state index contributed by atoms with van der Waals surface area (Å²) in [6, 6.07) is 9.61. The number of carbonyl (C=O) groups excluding carboxylic acids is 1. The molecule has 3 N–H and O–H groups in total. The van der Waals surface area contributed by atoms with Gasteiger partial charge < -0.3 is 5.73 Å². The van der Waals surface area contributed by atoms with Crippen molar-refractivity contribution in [2.75, 3.05) is 4.72 Å². The average molecular weight is 318 g/mol.